The van der Waals surface area contributed by atoms with Crippen molar-refractivity contribution in [3.63, 3.8) is 0 Å². The van der Waals surface area contributed by atoms with Crippen LogP contribution in [0.1, 0.15) is 123 Å². The molecule has 0 aromatic heterocycles. The van der Waals surface area contributed by atoms with Gasteiger partial charge >= 0.3 is 11.9 Å². The van der Waals surface area contributed by atoms with Crippen molar-refractivity contribution in [3.8, 4) is 0 Å². The molecule has 0 aliphatic rings. The van der Waals surface area contributed by atoms with E-state index in [-0.39, 0.29) is 24.5 Å². The molecule has 1 unspecified atom stereocenters. The van der Waals surface area contributed by atoms with E-state index in [1.807, 2.05) is 6.08 Å². The van der Waals surface area contributed by atoms with E-state index >= 15 is 0 Å². The highest BCUT2D eigenvalue weighted by molar-refractivity contribution is 5.80. The summed E-state index contributed by atoms with van der Waals surface area (Å²) >= 11 is 0. The monoisotopic (exact) mass is 609 g/mol. The Hall–Kier alpha value is -3.41. The number of carbonyl (C=O) groups is 3. The van der Waals surface area contributed by atoms with Crippen LogP contribution in [0.5, 0.6) is 0 Å². The molecular formula is C38H59NO5. The summed E-state index contributed by atoms with van der Waals surface area (Å²) in [6, 6.07) is 0. The molecular weight excluding hydrogens is 550 g/mol. The molecule has 6 heteroatoms. The summed E-state index contributed by atoms with van der Waals surface area (Å²) in [5.74, 6) is -1.43. The average Bonchev–Trinajstić information content (AvgIpc) is 3.00. The number of aliphatic carboxylic acids is 1. The first-order valence-corrected chi connectivity index (χ1v) is 16.7. The highest BCUT2D eigenvalue weighted by Gasteiger charge is 2.11. The van der Waals surface area contributed by atoms with Crippen LogP contribution in [0.25, 0.3) is 0 Å². The number of amides is 1. The molecule has 0 saturated heterocycles. The molecule has 44 heavy (non-hydrogen) atoms. The second-order valence-electron chi connectivity index (χ2n) is 10.6. The minimum absolute atomic E-state index is 0.153. The van der Waals surface area contributed by atoms with Crippen molar-refractivity contribution >= 4 is 17.8 Å². The van der Waals surface area contributed by atoms with Gasteiger partial charge in [-0.05, 0) is 89.5 Å². The molecule has 0 heterocycles. The number of unbranched alkanes of at least 4 members (excludes halogenated alkanes) is 5. The lowest BCUT2D eigenvalue weighted by Gasteiger charge is -2.14. The van der Waals surface area contributed by atoms with Gasteiger partial charge in [-0.25, -0.2) is 0 Å². The third kappa shape index (κ3) is 31.5. The number of allylic oxidation sites excluding steroid dienone is 13. The lowest BCUT2D eigenvalue weighted by molar-refractivity contribution is -0.147. The van der Waals surface area contributed by atoms with E-state index in [9.17, 15) is 14.4 Å². The molecule has 0 bridgehead atoms. The normalized spacial score (nSPS) is 13.1. The van der Waals surface area contributed by atoms with Crippen molar-refractivity contribution in [1.82, 2.24) is 5.32 Å². The van der Waals surface area contributed by atoms with Gasteiger partial charge in [0.15, 0.2) is 0 Å². The maximum Gasteiger partial charge on any atom is 0.322 e. The van der Waals surface area contributed by atoms with Crippen LogP contribution >= 0.6 is 0 Å². The average molecular weight is 610 g/mol. The van der Waals surface area contributed by atoms with Crippen molar-refractivity contribution < 1.29 is 24.2 Å². The molecule has 0 aliphatic carbocycles. The Kier molecular flexibility index (Phi) is 30.0. The second-order valence-corrected chi connectivity index (χ2v) is 10.6. The molecule has 6 nitrogen and oxygen atoms in total. The summed E-state index contributed by atoms with van der Waals surface area (Å²) in [6.07, 6.45) is 44.3. The van der Waals surface area contributed by atoms with E-state index in [1.165, 1.54) is 0 Å². The fourth-order valence-corrected chi connectivity index (χ4v) is 4.14. The number of nitrogens with one attached hydrogen (secondary N) is 1. The van der Waals surface area contributed by atoms with Gasteiger partial charge in [0.25, 0.3) is 0 Å². The van der Waals surface area contributed by atoms with Crippen LogP contribution < -0.4 is 5.32 Å². The van der Waals surface area contributed by atoms with Crippen LogP contribution in [-0.2, 0) is 19.1 Å². The highest BCUT2D eigenvalue weighted by Crippen LogP contribution is 2.13. The largest absolute Gasteiger partial charge is 0.480 e. The fraction of sp³-hybridized carbons (Fsp3) is 0.553. The topological polar surface area (TPSA) is 92.7 Å². The van der Waals surface area contributed by atoms with Crippen LogP contribution in [-0.4, -0.2) is 35.6 Å². The molecule has 2 N–H and O–H groups in total. The summed E-state index contributed by atoms with van der Waals surface area (Å²) in [4.78, 5) is 34.7. The van der Waals surface area contributed by atoms with Gasteiger partial charge in [-0.2, -0.15) is 0 Å². The number of rotatable bonds is 28. The third-order valence-corrected chi connectivity index (χ3v) is 6.55. The Morgan fingerprint density at radius 3 is 1.68 bits per heavy atom. The summed E-state index contributed by atoms with van der Waals surface area (Å²) < 4.78 is 5.81. The zero-order valence-electron chi connectivity index (χ0n) is 27.5. The number of ether oxygens (including phenoxy) is 1. The zero-order valence-corrected chi connectivity index (χ0v) is 27.5. The Balaban J connectivity index is 4.36. The molecule has 0 spiro atoms. The highest BCUT2D eigenvalue weighted by atomic mass is 16.5. The first-order valence-electron chi connectivity index (χ1n) is 16.7. The SMILES string of the molecule is CC/C=C\C/C=C\C/C=C\C/C=C\CCCCC(=O)OC(/C=C\C/C=C\C/C=C\CC)CCCCCCC(=O)NCC(=O)O. The van der Waals surface area contributed by atoms with Crippen LogP contribution in [0, 0.1) is 0 Å². The maximum atomic E-state index is 12.5. The molecule has 246 valence electrons. The van der Waals surface area contributed by atoms with E-state index in [0.29, 0.717) is 19.3 Å². The number of esters is 1. The van der Waals surface area contributed by atoms with Crippen molar-refractivity contribution in [2.75, 3.05) is 6.54 Å². The van der Waals surface area contributed by atoms with Crippen molar-refractivity contribution in [2.24, 2.45) is 0 Å². The van der Waals surface area contributed by atoms with E-state index < -0.39 is 5.97 Å². The Bertz CT molecular complexity index is 939. The Labute approximate surface area is 267 Å². The van der Waals surface area contributed by atoms with Crippen molar-refractivity contribution in [3.05, 3.63) is 85.1 Å². The summed E-state index contributed by atoms with van der Waals surface area (Å²) in [5, 5.41) is 11.0. The molecule has 0 rings (SSSR count). The summed E-state index contributed by atoms with van der Waals surface area (Å²) in [6.45, 7) is 3.92. The van der Waals surface area contributed by atoms with E-state index in [1.54, 1.807) is 0 Å². The van der Waals surface area contributed by atoms with Crippen LogP contribution in [0.4, 0.5) is 0 Å². The predicted octanol–water partition coefficient (Wildman–Crippen LogP) is 9.66. The molecule has 0 radical (unpaired) electrons. The predicted molar refractivity (Wildman–Crippen MR) is 184 cm³/mol. The third-order valence-electron chi connectivity index (χ3n) is 6.55. The van der Waals surface area contributed by atoms with Gasteiger partial charge in [-0.15, -0.1) is 0 Å². The Morgan fingerprint density at radius 1 is 0.614 bits per heavy atom. The van der Waals surface area contributed by atoms with E-state index in [4.69, 9.17) is 9.84 Å². The lowest BCUT2D eigenvalue weighted by Crippen LogP contribution is -2.28. The number of carboxylic acid groups (broad SMARTS) is 1. The Morgan fingerprint density at radius 2 is 1.11 bits per heavy atom. The van der Waals surface area contributed by atoms with Crippen molar-refractivity contribution in [1.29, 1.82) is 0 Å². The number of hydrogen-bond acceptors (Lipinski definition) is 4. The minimum atomic E-state index is -1.04. The van der Waals surface area contributed by atoms with Gasteiger partial charge in [-0.1, -0.05) is 106 Å². The first-order chi connectivity index (χ1) is 21.5. The van der Waals surface area contributed by atoms with Crippen molar-refractivity contribution in [2.45, 2.75) is 129 Å². The van der Waals surface area contributed by atoms with Crippen LogP contribution in [0.2, 0.25) is 0 Å². The smallest absolute Gasteiger partial charge is 0.322 e. The number of carbonyl (C=O) groups excluding carboxylic acids is 2. The van der Waals surface area contributed by atoms with Crippen LogP contribution in [0.15, 0.2) is 85.1 Å². The van der Waals surface area contributed by atoms with E-state index in [2.05, 4.69) is 98.2 Å². The molecule has 1 atom stereocenters. The van der Waals surface area contributed by atoms with Gasteiger partial charge in [0.1, 0.15) is 12.6 Å². The second kappa shape index (κ2) is 32.5. The van der Waals surface area contributed by atoms with Gasteiger partial charge in [0.05, 0.1) is 0 Å². The number of hydrogen-bond donors (Lipinski definition) is 2. The van der Waals surface area contributed by atoms with Gasteiger partial charge in [-0.3, -0.25) is 14.4 Å². The molecule has 0 fully saturated rings. The number of carboxylic acids is 1. The molecule has 1 amide bonds. The van der Waals surface area contributed by atoms with Gasteiger partial charge < -0.3 is 15.2 Å². The zero-order chi connectivity index (χ0) is 32.4. The van der Waals surface area contributed by atoms with Gasteiger partial charge in [0, 0.05) is 12.8 Å². The standard InChI is InChI=1S/C38H59NO5/c1-3-5-7-9-11-13-14-15-16-17-18-19-21-23-29-33-38(43)44-35(30-26-22-20-12-10-8-6-4-2)31-27-24-25-28-32-36(40)39-34-37(41)42/h5-8,11-13,15-16,18-20,26,30,35H,3-4,9-10,14,17,21-25,27-29,31-34H2,1-2H3,(H,39,40)(H,41,42)/b7-5-,8-6-,13-11-,16-15-,19-18-,20-12-,30-26-. The lowest BCUT2D eigenvalue weighted by atomic mass is 10.1. The first kappa shape index (κ1) is 40.6. The molecule has 0 aromatic carbocycles. The fourth-order valence-electron chi connectivity index (χ4n) is 4.14. The molecule has 0 aliphatic heterocycles. The summed E-state index contributed by atoms with van der Waals surface area (Å²) in [7, 11) is 0. The van der Waals surface area contributed by atoms with Crippen LogP contribution in [0.3, 0.4) is 0 Å². The maximum absolute atomic E-state index is 12.5. The molecule has 0 aromatic rings. The molecule has 0 saturated carbocycles. The van der Waals surface area contributed by atoms with E-state index in [0.717, 1.165) is 89.9 Å². The quantitative estimate of drug-likeness (QED) is 0.0523. The summed E-state index contributed by atoms with van der Waals surface area (Å²) in [5.41, 5.74) is 0. The minimum Gasteiger partial charge on any atom is -0.480 e. The van der Waals surface area contributed by atoms with Gasteiger partial charge in [0.2, 0.25) is 5.91 Å².